The lowest BCUT2D eigenvalue weighted by atomic mass is 9.96. The largest absolute Gasteiger partial charge is 0.340 e. The average molecular weight is 353 g/mol. The molecule has 4 heteroatoms. The van der Waals surface area contributed by atoms with Gasteiger partial charge in [0.1, 0.15) is 11.6 Å². The van der Waals surface area contributed by atoms with Crippen molar-refractivity contribution in [3.63, 3.8) is 0 Å². The minimum Gasteiger partial charge on any atom is -0.340 e. The van der Waals surface area contributed by atoms with Crippen molar-refractivity contribution in [3.8, 4) is 17.2 Å². The number of nitriles is 1. The molecule has 0 radical (unpaired) electrons. The number of anilines is 2. The molecule has 4 aromatic rings. The molecule has 0 amide bonds. The maximum Gasteiger partial charge on any atom is 0.138 e. The third-order valence-corrected chi connectivity index (χ3v) is 4.46. The molecule has 0 saturated heterocycles. The van der Waals surface area contributed by atoms with Gasteiger partial charge in [-0.3, -0.25) is 0 Å². The number of fused-ring (bicyclic) bond motifs is 1. The molecule has 0 aliphatic heterocycles. The molecule has 3 aromatic carbocycles. The lowest BCUT2D eigenvalue weighted by molar-refractivity contribution is 0.628. The van der Waals surface area contributed by atoms with Crippen LogP contribution in [0, 0.1) is 24.1 Å². The van der Waals surface area contributed by atoms with Gasteiger partial charge >= 0.3 is 0 Å². The van der Waals surface area contributed by atoms with Crippen molar-refractivity contribution in [3.05, 3.63) is 89.9 Å². The van der Waals surface area contributed by atoms with Crippen molar-refractivity contribution in [1.29, 1.82) is 5.26 Å². The minimum atomic E-state index is -0.300. The van der Waals surface area contributed by atoms with Gasteiger partial charge in [-0.1, -0.05) is 42.5 Å². The Labute approximate surface area is 156 Å². The first-order chi connectivity index (χ1) is 13.2. The normalized spacial score (nSPS) is 10.6. The molecule has 0 fully saturated rings. The summed E-state index contributed by atoms with van der Waals surface area (Å²) in [7, 11) is 0. The fourth-order valence-electron chi connectivity index (χ4n) is 3.29. The molecule has 4 rings (SSSR count). The van der Waals surface area contributed by atoms with Crippen LogP contribution in [0.5, 0.6) is 0 Å². The zero-order valence-corrected chi connectivity index (χ0v) is 14.7. The maximum absolute atomic E-state index is 13.5. The second-order valence-electron chi connectivity index (χ2n) is 6.29. The Morgan fingerprint density at radius 3 is 2.48 bits per heavy atom. The molecule has 1 heterocycles. The van der Waals surface area contributed by atoms with E-state index in [1.165, 1.54) is 12.1 Å². The minimum absolute atomic E-state index is 0.300. The zero-order chi connectivity index (χ0) is 18.8. The van der Waals surface area contributed by atoms with E-state index in [0.717, 1.165) is 27.6 Å². The molecule has 0 atom stereocenters. The fraction of sp³-hybridized carbons (Fsp3) is 0.0435. The van der Waals surface area contributed by atoms with Crippen LogP contribution in [0.1, 0.15) is 11.3 Å². The monoisotopic (exact) mass is 353 g/mol. The number of hydrogen-bond acceptors (Lipinski definition) is 3. The number of hydrogen-bond donors (Lipinski definition) is 1. The topological polar surface area (TPSA) is 48.7 Å². The van der Waals surface area contributed by atoms with Crippen LogP contribution in [-0.4, -0.2) is 4.98 Å². The van der Waals surface area contributed by atoms with Gasteiger partial charge in [0, 0.05) is 22.3 Å². The molecule has 3 nitrogen and oxygen atoms in total. The van der Waals surface area contributed by atoms with E-state index in [4.69, 9.17) is 4.98 Å². The summed E-state index contributed by atoms with van der Waals surface area (Å²) in [6.45, 7) is 1.94. The lowest BCUT2D eigenvalue weighted by Crippen LogP contribution is -1.99. The van der Waals surface area contributed by atoms with Crippen LogP contribution in [0.3, 0.4) is 0 Å². The molecule has 0 aliphatic rings. The Kier molecular flexibility index (Phi) is 4.27. The van der Waals surface area contributed by atoms with Crippen LogP contribution in [0.2, 0.25) is 0 Å². The van der Waals surface area contributed by atoms with Crippen molar-refractivity contribution in [2.75, 3.05) is 5.32 Å². The molecule has 0 aliphatic carbocycles. The van der Waals surface area contributed by atoms with E-state index in [1.807, 2.05) is 49.4 Å². The van der Waals surface area contributed by atoms with Crippen LogP contribution < -0.4 is 5.32 Å². The highest BCUT2D eigenvalue weighted by Crippen LogP contribution is 2.35. The summed E-state index contributed by atoms with van der Waals surface area (Å²) >= 11 is 0. The van der Waals surface area contributed by atoms with Crippen molar-refractivity contribution < 1.29 is 4.39 Å². The van der Waals surface area contributed by atoms with Crippen LogP contribution in [0.15, 0.2) is 72.8 Å². The Bertz CT molecular complexity index is 1190. The SMILES string of the molecule is Cc1nc(Nc2cccc(F)c2)c2ccccc2c1-c1cccc(C#N)c1. The van der Waals surface area contributed by atoms with Crippen LogP contribution in [0.4, 0.5) is 15.9 Å². The molecule has 0 unspecified atom stereocenters. The van der Waals surface area contributed by atoms with E-state index in [1.54, 1.807) is 18.2 Å². The van der Waals surface area contributed by atoms with Crippen molar-refractivity contribution in [2.24, 2.45) is 0 Å². The first-order valence-electron chi connectivity index (χ1n) is 8.58. The zero-order valence-electron chi connectivity index (χ0n) is 14.7. The van der Waals surface area contributed by atoms with E-state index in [9.17, 15) is 9.65 Å². The fourth-order valence-corrected chi connectivity index (χ4v) is 3.29. The quantitative estimate of drug-likeness (QED) is 0.494. The predicted octanol–water partition coefficient (Wildman–Crippen LogP) is 5.96. The molecular weight excluding hydrogens is 337 g/mol. The highest BCUT2D eigenvalue weighted by atomic mass is 19.1. The Morgan fingerprint density at radius 2 is 1.70 bits per heavy atom. The van der Waals surface area contributed by atoms with Crippen LogP contribution in [0.25, 0.3) is 21.9 Å². The molecule has 1 N–H and O–H groups in total. The van der Waals surface area contributed by atoms with Crippen molar-refractivity contribution in [1.82, 2.24) is 4.98 Å². The maximum atomic E-state index is 13.5. The third-order valence-electron chi connectivity index (χ3n) is 4.46. The first kappa shape index (κ1) is 16.7. The second kappa shape index (κ2) is 6.89. The number of aryl methyl sites for hydroxylation is 1. The number of nitrogens with one attached hydrogen (secondary N) is 1. The van der Waals surface area contributed by atoms with E-state index < -0.39 is 0 Å². The highest BCUT2D eigenvalue weighted by Gasteiger charge is 2.13. The van der Waals surface area contributed by atoms with Gasteiger partial charge in [0.15, 0.2) is 0 Å². The number of aromatic nitrogens is 1. The number of benzene rings is 3. The molecular formula is C23H16FN3. The van der Waals surface area contributed by atoms with E-state index in [0.29, 0.717) is 17.1 Å². The summed E-state index contributed by atoms with van der Waals surface area (Å²) < 4.78 is 13.5. The lowest BCUT2D eigenvalue weighted by Gasteiger charge is -2.15. The summed E-state index contributed by atoms with van der Waals surface area (Å²) in [6.07, 6.45) is 0. The summed E-state index contributed by atoms with van der Waals surface area (Å²) in [5, 5.41) is 14.4. The summed E-state index contributed by atoms with van der Waals surface area (Å²) in [6, 6.07) is 24.0. The Morgan fingerprint density at radius 1 is 0.926 bits per heavy atom. The molecule has 0 spiro atoms. The number of pyridine rings is 1. The van der Waals surface area contributed by atoms with E-state index in [-0.39, 0.29) is 5.82 Å². The number of rotatable bonds is 3. The van der Waals surface area contributed by atoms with Crippen molar-refractivity contribution >= 4 is 22.3 Å². The van der Waals surface area contributed by atoms with E-state index in [2.05, 4.69) is 11.4 Å². The van der Waals surface area contributed by atoms with Crippen molar-refractivity contribution in [2.45, 2.75) is 6.92 Å². The number of nitrogens with zero attached hydrogens (tertiary/aromatic N) is 2. The second-order valence-corrected chi connectivity index (χ2v) is 6.29. The molecule has 0 saturated carbocycles. The first-order valence-corrected chi connectivity index (χ1v) is 8.58. The summed E-state index contributed by atoms with van der Waals surface area (Å²) in [5.41, 5.74) is 4.03. The Hall–Kier alpha value is -3.71. The smallest absolute Gasteiger partial charge is 0.138 e. The summed E-state index contributed by atoms with van der Waals surface area (Å²) in [5.74, 6) is 0.375. The van der Waals surface area contributed by atoms with Crippen LogP contribution >= 0.6 is 0 Å². The molecule has 27 heavy (non-hydrogen) atoms. The Balaban J connectivity index is 1.91. The van der Waals surface area contributed by atoms with Gasteiger partial charge < -0.3 is 5.32 Å². The predicted molar refractivity (Wildman–Crippen MR) is 106 cm³/mol. The van der Waals surface area contributed by atoms with Gasteiger partial charge in [-0.2, -0.15) is 5.26 Å². The standard InChI is InChI=1S/C23H16FN3/c1-15-22(17-7-4-6-16(12-17)14-25)20-10-2-3-11-21(20)23(26-15)27-19-9-5-8-18(24)13-19/h2-13H,1H3,(H,26,27). The molecule has 0 bridgehead atoms. The van der Waals surface area contributed by atoms with Gasteiger partial charge in [-0.25, -0.2) is 9.37 Å². The highest BCUT2D eigenvalue weighted by molar-refractivity contribution is 6.03. The van der Waals surface area contributed by atoms with Gasteiger partial charge in [0.2, 0.25) is 0 Å². The third kappa shape index (κ3) is 3.23. The molecule has 130 valence electrons. The van der Waals surface area contributed by atoms with Gasteiger partial charge in [-0.15, -0.1) is 0 Å². The van der Waals surface area contributed by atoms with Gasteiger partial charge in [-0.05, 0) is 48.2 Å². The summed E-state index contributed by atoms with van der Waals surface area (Å²) in [4.78, 5) is 4.74. The van der Waals surface area contributed by atoms with Crippen LogP contribution in [-0.2, 0) is 0 Å². The average Bonchev–Trinajstić information content (AvgIpc) is 2.68. The van der Waals surface area contributed by atoms with Gasteiger partial charge in [0.25, 0.3) is 0 Å². The van der Waals surface area contributed by atoms with E-state index >= 15 is 0 Å². The number of halogens is 1. The molecule has 1 aromatic heterocycles. The van der Waals surface area contributed by atoms with Gasteiger partial charge in [0.05, 0.1) is 11.6 Å².